The largest absolute Gasteiger partial charge is 0.487 e. The maximum atomic E-state index is 12.9. The van der Waals surface area contributed by atoms with Crippen molar-refractivity contribution in [2.45, 2.75) is 25.7 Å². The molecule has 0 atom stereocenters. The Kier molecular flexibility index (Phi) is 9.07. The van der Waals surface area contributed by atoms with Gasteiger partial charge in [-0.1, -0.05) is 0 Å². The number of hydrogen-bond donors (Lipinski definition) is 3. The number of pyridine rings is 2. The molecular weight excluding hydrogens is 524 g/mol. The van der Waals surface area contributed by atoms with Crippen LogP contribution in [0.15, 0.2) is 61.1 Å². The third kappa shape index (κ3) is 6.82. The van der Waals surface area contributed by atoms with E-state index in [0.717, 1.165) is 37.0 Å². The number of nitrogens with one attached hydrogen (secondary N) is 3. The van der Waals surface area contributed by atoms with E-state index in [0.29, 0.717) is 59.9 Å². The van der Waals surface area contributed by atoms with Crippen molar-refractivity contribution in [2.75, 3.05) is 45.3 Å². The second-order valence-corrected chi connectivity index (χ2v) is 9.57. The van der Waals surface area contributed by atoms with Crippen molar-refractivity contribution in [3.8, 4) is 17.2 Å². The van der Waals surface area contributed by atoms with Gasteiger partial charge >= 0.3 is 6.03 Å². The maximum absolute atomic E-state index is 12.9. The second-order valence-electron chi connectivity index (χ2n) is 9.57. The number of rotatable bonds is 10. The molecule has 41 heavy (non-hydrogen) atoms. The van der Waals surface area contributed by atoms with E-state index in [2.05, 4.69) is 25.9 Å². The average Bonchev–Trinajstić information content (AvgIpc) is 3.42. The first-order chi connectivity index (χ1) is 20.1. The molecule has 1 aliphatic heterocycles. The maximum Gasteiger partial charge on any atom is 0.325 e. The Bertz CT molecular complexity index is 1500. The Morgan fingerprint density at radius 3 is 2.66 bits per heavy atom. The fourth-order valence-electron chi connectivity index (χ4n) is 4.74. The smallest absolute Gasteiger partial charge is 0.325 e. The van der Waals surface area contributed by atoms with E-state index in [9.17, 15) is 9.59 Å². The predicted octanol–water partition coefficient (Wildman–Crippen LogP) is 4.55. The van der Waals surface area contributed by atoms with Gasteiger partial charge in [0.25, 0.3) is 5.91 Å². The Labute approximate surface area is 238 Å². The fourth-order valence-corrected chi connectivity index (χ4v) is 4.74. The SMILES string of the molecule is CCOCCOc1cc2c(ccn2C(=O)NC)cc1Oc1ccnc(NC(=O)c2ccc(C3CCNCC3)nc2)c1. The molecule has 1 aliphatic rings. The van der Waals surface area contributed by atoms with Gasteiger partial charge in [0.2, 0.25) is 0 Å². The van der Waals surface area contributed by atoms with Gasteiger partial charge in [-0.3, -0.25) is 14.3 Å². The van der Waals surface area contributed by atoms with Crippen LogP contribution in [0.4, 0.5) is 10.6 Å². The molecule has 1 fully saturated rings. The molecule has 4 aromatic rings. The lowest BCUT2D eigenvalue weighted by Crippen LogP contribution is -2.27. The van der Waals surface area contributed by atoms with E-state index in [4.69, 9.17) is 14.2 Å². The molecule has 5 rings (SSSR count). The molecule has 3 N–H and O–H groups in total. The molecule has 11 heteroatoms. The van der Waals surface area contributed by atoms with Gasteiger partial charge in [-0.25, -0.2) is 9.78 Å². The van der Waals surface area contributed by atoms with Crippen LogP contribution in [-0.4, -0.2) is 66.4 Å². The van der Waals surface area contributed by atoms with Crippen molar-refractivity contribution in [2.24, 2.45) is 0 Å². The van der Waals surface area contributed by atoms with Crippen molar-refractivity contribution in [1.29, 1.82) is 0 Å². The van der Waals surface area contributed by atoms with E-state index >= 15 is 0 Å². The van der Waals surface area contributed by atoms with E-state index in [-0.39, 0.29) is 11.9 Å². The minimum absolute atomic E-state index is 0.264. The summed E-state index contributed by atoms with van der Waals surface area (Å²) in [4.78, 5) is 34.0. The zero-order valence-corrected chi connectivity index (χ0v) is 23.2. The quantitative estimate of drug-likeness (QED) is 0.242. The summed E-state index contributed by atoms with van der Waals surface area (Å²) >= 11 is 0. The van der Waals surface area contributed by atoms with Gasteiger partial charge in [0.05, 0.1) is 17.7 Å². The number of benzene rings is 1. The molecule has 1 aromatic carbocycles. The van der Waals surface area contributed by atoms with Gasteiger partial charge in [0.1, 0.15) is 18.2 Å². The molecule has 0 unspecified atom stereocenters. The zero-order valence-electron chi connectivity index (χ0n) is 23.2. The van der Waals surface area contributed by atoms with Crippen LogP contribution in [0.3, 0.4) is 0 Å². The summed E-state index contributed by atoms with van der Waals surface area (Å²) in [5.74, 6) is 1.79. The number of carbonyl (C=O) groups excluding carboxylic acids is 2. The lowest BCUT2D eigenvalue weighted by molar-refractivity contribution is 0.102. The fraction of sp³-hybridized carbons (Fsp3) is 0.333. The number of amides is 2. The van der Waals surface area contributed by atoms with E-state index in [1.807, 2.05) is 19.1 Å². The number of hydrogen-bond acceptors (Lipinski definition) is 8. The van der Waals surface area contributed by atoms with Gasteiger partial charge in [-0.15, -0.1) is 0 Å². The number of ether oxygens (including phenoxy) is 3. The number of aromatic nitrogens is 3. The molecule has 3 aromatic heterocycles. The molecule has 214 valence electrons. The molecule has 0 spiro atoms. The molecular formula is C30H34N6O5. The highest BCUT2D eigenvalue weighted by Gasteiger charge is 2.18. The summed E-state index contributed by atoms with van der Waals surface area (Å²) in [5, 5.41) is 9.60. The number of carbonyl (C=O) groups is 2. The minimum Gasteiger partial charge on any atom is -0.487 e. The summed E-state index contributed by atoms with van der Waals surface area (Å²) in [7, 11) is 1.58. The normalized spacial score (nSPS) is 13.6. The molecule has 2 amide bonds. The minimum atomic E-state index is -0.309. The molecule has 0 radical (unpaired) electrons. The third-order valence-corrected chi connectivity index (χ3v) is 6.88. The summed E-state index contributed by atoms with van der Waals surface area (Å²) in [5.41, 5.74) is 2.14. The van der Waals surface area contributed by atoms with Crippen LogP contribution in [0.1, 0.15) is 41.7 Å². The topological polar surface area (TPSA) is 129 Å². The molecule has 0 aliphatic carbocycles. The van der Waals surface area contributed by atoms with Crippen LogP contribution < -0.4 is 25.4 Å². The van der Waals surface area contributed by atoms with Gasteiger partial charge in [0, 0.05) is 61.4 Å². The first-order valence-electron chi connectivity index (χ1n) is 13.8. The molecule has 0 bridgehead atoms. The molecule has 11 nitrogen and oxygen atoms in total. The zero-order chi connectivity index (χ0) is 28.6. The van der Waals surface area contributed by atoms with E-state index in [1.165, 1.54) is 4.57 Å². The number of nitrogens with zero attached hydrogens (tertiary/aromatic N) is 3. The van der Waals surface area contributed by atoms with E-state index < -0.39 is 0 Å². The molecule has 4 heterocycles. The van der Waals surface area contributed by atoms with Crippen LogP contribution in [0.2, 0.25) is 0 Å². The Morgan fingerprint density at radius 1 is 1.05 bits per heavy atom. The Morgan fingerprint density at radius 2 is 1.90 bits per heavy atom. The van der Waals surface area contributed by atoms with Crippen LogP contribution in [0, 0.1) is 0 Å². The average molecular weight is 559 g/mol. The summed E-state index contributed by atoms with van der Waals surface area (Å²) in [6, 6.07) is 12.2. The van der Waals surface area contributed by atoms with Gasteiger partial charge < -0.3 is 30.2 Å². The third-order valence-electron chi connectivity index (χ3n) is 6.88. The lowest BCUT2D eigenvalue weighted by Gasteiger charge is -2.22. The van der Waals surface area contributed by atoms with Gasteiger partial charge in [-0.2, -0.15) is 0 Å². The van der Waals surface area contributed by atoms with Crippen molar-refractivity contribution in [3.63, 3.8) is 0 Å². The number of fused-ring (bicyclic) bond motifs is 1. The summed E-state index contributed by atoms with van der Waals surface area (Å²) in [6.07, 6.45) is 6.94. The Hall–Kier alpha value is -4.48. The van der Waals surface area contributed by atoms with Crippen LogP contribution in [0.5, 0.6) is 17.2 Å². The predicted molar refractivity (Wildman–Crippen MR) is 155 cm³/mol. The first-order valence-corrected chi connectivity index (χ1v) is 13.8. The summed E-state index contributed by atoms with van der Waals surface area (Å²) < 4.78 is 19.1. The van der Waals surface area contributed by atoms with E-state index in [1.54, 1.807) is 56.0 Å². The van der Waals surface area contributed by atoms with Crippen LogP contribution >= 0.6 is 0 Å². The summed E-state index contributed by atoms with van der Waals surface area (Å²) in [6.45, 7) is 5.17. The first kappa shape index (κ1) is 28.1. The monoisotopic (exact) mass is 558 g/mol. The van der Waals surface area contributed by atoms with Crippen molar-refractivity contribution < 1.29 is 23.8 Å². The van der Waals surface area contributed by atoms with Gasteiger partial charge in [0.15, 0.2) is 11.5 Å². The highest BCUT2D eigenvalue weighted by Crippen LogP contribution is 2.36. The standard InChI is InChI=1S/C30H34N6O5/c1-3-39-14-15-40-26-18-25-21(9-13-36(25)30(38)31-2)16-27(26)41-23-8-12-33-28(17-23)35-29(37)22-4-5-24(34-19-22)20-6-10-32-11-7-20/h4-5,8-9,12-13,16-20,32H,3,6-7,10-11,14-15H2,1-2H3,(H,31,38)(H,33,35,37). The number of anilines is 1. The van der Waals surface area contributed by atoms with Crippen molar-refractivity contribution >= 4 is 28.7 Å². The lowest BCUT2D eigenvalue weighted by atomic mass is 9.94. The number of piperidine rings is 1. The second kappa shape index (κ2) is 13.2. The van der Waals surface area contributed by atoms with Gasteiger partial charge in [-0.05, 0) is 63.2 Å². The van der Waals surface area contributed by atoms with Crippen molar-refractivity contribution in [3.05, 3.63) is 72.3 Å². The molecule has 1 saturated heterocycles. The highest BCUT2D eigenvalue weighted by molar-refractivity contribution is 6.03. The van der Waals surface area contributed by atoms with Crippen LogP contribution in [0.25, 0.3) is 10.9 Å². The Balaban J connectivity index is 1.32. The van der Waals surface area contributed by atoms with Crippen LogP contribution in [-0.2, 0) is 4.74 Å². The highest BCUT2D eigenvalue weighted by atomic mass is 16.5. The van der Waals surface area contributed by atoms with Crippen molar-refractivity contribution in [1.82, 2.24) is 25.2 Å². The molecule has 0 saturated carbocycles.